The molecule has 0 radical (unpaired) electrons. The van der Waals surface area contributed by atoms with E-state index in [4.69, 9.17) is 9.47 Å². The van der Waals surface area contributed by atoms with Gasteiger partial charge in [-0.25, -0.2) is 8.42 Å². The molecule has 1 N–H and O–H groups in total. The molecule has 1 heterocycles. The summed E-state index contributed by atoms with van der Waals surface area (Å²) in [5.74, 6) is 0.667. The molecule has 0 saturated carbocycles. The van der Waals surface area contributed by atoms with Gasteiger partial charge in [-0.05, 0) is 66.8 Å². The molecule has 0 spiro atoms. The summed E-state index contributed by atoms with van der Waals surface area (Å²) in [6.07, 6.45) is -0.999. The van der Waals surface area contributed by atoms with E-state index in [1.165, 1.54) is 9.87 Å². The molecule has 7 nitrogen and oxygen atoms in total. The van der Waals surface area contributed by atoms with E-state index in [2.05, 4.69) is 26.1 Å². The van der Waals surface area contributed by atoms with Crippen LogP contribution in [0.25, 0.3) is 0 Å². The van der Waals surface area contributed by atoms with Gasteiger partial charge in [0.05, 0.1) is 23.7 Å². The molecule has 0 fully saturated rings. The molecule has 0 bridgehead atoms. The summed E-state index contributed by atoms with van der Waals surface area (Å²) in [7, 11) is -3.90. The van der Waals surface area contributed by atoms with Crippen LogP contribution in [-0.2, 0) is 20.2 Å². The number of nitrogens with zero attached hydrogens (tertiary/aromatic N) is 1. The maximum Gasteiger partial charge on any atom is 0.264 e. The summed E-state index contributed by atoms with van der Waals surface area (Å²) in [5, 5.41) is 2.81. The van der Waals surface area contributed by atoms with Gasteiger partial charge in [0.15, 0.2) is 6.10 Å². The van der Waals surface area contributed by atoms with Crippen molar-refractivity contribution in [3.8, 4) is 11.5 Å². The Labute approximate surface area is 219 Å². The number of ether oxygens (including phenoxy) is 2. The van der Waals surface area contributed by atoms with E-state index in [-0.39, 0.29) is 30.0 Å². The highest BCUT2D eigenvalue weighted by atomic mass is 32.2. The van der Waals surface area contributed by atoms with Crippen LogP contribution in [0.3, 0.4) is 0 Å². The lowest BCUT2D eigenvalue weighted by atomic mass is 9.87. The van der Waals surface area contributed by atoms with Crippen LogP contribution in [0.15, 0.2) is 71.6 Å². The normalized spacial score (nSPS) is 15.5. The highest BCUT2D eigenvalue weighted by Crippen LogP contribution is 2.37. The van der Waals surface area contributed by atoms with Crippen LogP contribution < -0.4 is 19.1 Å². The maximum atomic E-state index is 13.6. The lowest BCUT2D eigenvalue weighted by molar-refractivity contribution is -0.127. The fourth-order valence-corrected chi connectivity index (χ4v) is 5.54. The third-order valence-electron chi connectivity index (χ3n) is 6.28. The second-order valence-electron chi connectivity index (χ2n) is 10.3. The molecule has 0 aliphatic carbocycles. The lowest BCUT2D eigenvalue weighted by Crippen LogP contribution is -2.51. The highest BCUT2D eigenvalue weighted by Gasteiger charge is 2.37. The first kappa shape index (κ1) is 26.5. The van der Waals surface area contributed by atoms with Crippen LogP contribution in [0.5, 0.6) is 11.5 Å². The molecule has 3 aromatic rings. The SMILES string of the molecule is Cc1ccc(S(=O)(=O)N2C[C@H](C(=O)NCCOc3ccc(C(C)(C)C)cc3)Oc3ccc(C)cc32)cc1. The second kappa shape index (κ2) is 10.5. The Balaban J connectivity index is 1.43. The fraction of sp³-hybridized carbons (Fsp3) is 0.345. The van der Waals surface area contributed by atoms with Gasteiger partial charge in [0.25, 0.3) is 15.9 Å². The molecule has 4 rings (SSSR count). The molecule has 0 aromatic heterocycles. The first-order chi connectivity index (χ1) is 17.4. The van der Waals surface area contributed by atoms with Gasteiger partial charge >= 0.3 is 0 Å². The average Bonchev–Trinajstić information content (AvgIpc) is 2.85. The standard InChI is InChI=1S/C29H34N2O5S/c1-20-6-13-24(14-7-20)37(33,34)31-19-27(36-26-15-8-21(2)18-25(26)31)28(32)30-16-17-35-23-11-9-22(10-12-23)29(3,4)5/h6-15,18,27H,16-17,19H2,1-5H3,(H,30,32)/t27-/m1/s1. The van der Waals surface area contributed by atoms with Gasteiger partial charge in [-0.3, -0.25) is 9.10 Å². The van der Waals surface area contributed by atoms with Gasteiger partial charge in [-0.2, -0.15) is 0 Å². The number of sulfonamides is 1. The molecule has 37 heavy (non-hydrogen) atoms. The van der Waals surface area contributed by atoms with Crippen LogP contribution in [0, 0.1) is 13.8 Å². The molecule has 1 aliphatic rings. The average molecular weight is 523 g/mol. The monoisotopic (exact) mass is 522 g/mol. The van der Waals surface area contributed by atoms with Crippen LogP contribution >= 0.6 is 0 Å². The molecular formula is C29H34N2O5S. The van der Waals surface area contributed by atoms with E-state index < -0.39 is 22.0 Å². The number of amides is 1. The van der Waals surface area contributed by atoms with E-state index in [0.717, 1.165) is 16.9 Å². The highest BCUT2D eigenvalue weighted by molar-refractivity contribution is 7.92. The Kier molecular flexibility index (Phi) is 7.50. The smallest absolute Gasteiger partial charge is 0.264 e. The number of hydrogen-bond donors (Lipinski definition) is 1. The third-order valence-corrected chi connectivity index (χ3v) is 8.07. The van der Waals surface area contributed by atoms with E-state index in [9.17, 15) is 13.2 Å². The largest absolute Gasteiger partial charge is 0.492 e. The predicted molar refractivity (Wildman–Crippen MR) is 145 cm³/mol. The summed E-state index contributed by atoms with van der Waals surface area (Å²) in [4.78, 5) is 13.1. The molecule has 1 aliphatic heterocycles. The van der Waals surface area contributed by atoms with Gasteiger partial charge in [0.1, 0.15) is 18.1 Å². The van der Waals surface area contributed by atoms with Gasteiger partial charge in [-0.1, -0.05) is 56.7 Å². The molecular weight excluding hydrogens is 488 g/mol. The number of carbonyl (C=O) groups excluding carboxylic acids is 1. The van der Waals surface area contributed by atoms with E-state index in [0.29, 0.717) is 11.4 Å². The fourth-order valence-electron chi connectivity index (χ4n) is 4.07. The number of benzene rings is 3. The van der Waals surface area contributed by atoms with Crippen molar-refractivity contribution < 1.29 is 22.7 Å². The molecule has 1 amide bonds. The molecule has 0 unspecified atom stereocenters. The molecule has 196 valence electrons. The van der Waals surface area contributed by atoms with E-state index in [1.807, 2.05) is 44.2 Å². The number of nitrogens with one attached hydrogen (secondary N) is 1. The Bertz CT molecular complexity index is 1360. The van der Waals surface area contributed by atoms with Crippen LogP contribution in [0.2, 0.25) is 0 Å². The van der Waals surface area contributed by atoms with Crippen molar-refractivity contribution >= 4 is 21.6 Å². The number of carbonyl (C=O) groups is 1. The molecule has 8 heteroatoms. The molecule has 1 atom stereocenters. The summed E-state index contributed by atoms with van der Waals surface area (Å²) in [6.45, 7) is 10.6. The summed E-state index contributed by atoms with van der Waals surface area (Å²) < 4.78 is 40.1. The van der Waals surface area contributed by atoms with Crippen molar-refractivity contribution in [1.29, 1.82) is 0 Å². The first-order valence-corrected chi connectivity index (χ1v) is 13.8. The first-order valence-electron chi connectivity index (χ1n) is 12.3. The van der Waals surface area contributed by atoms with Gasteiger partial charge in [0, 0.05) is 0 Å². The zero-order chi connectivity index (χ0) is 26.8. The lowest BCUT2D eigenvalue weighted by Gasteiger charge is -2.35. The Morgan fingerprint density at radius 3 is 2.30 bits per heavy atom. The molecule has 3 aromatic carbocycles. The minimum atomic E-state index is -3.90. The van der Waals surface area contributed by atoms with Crippen molar-refractivity contribution in [3.05, 3.63) is 83.4 Å². The van der Waals surface area contributed by atoms with Crippen molar-refractivity contribution in [1.82, 2.24) is 5.32 Å². The number of hydrogen-bond acceptors (Lipinski definition) is 5. The quantitative estimate of drug-likeness (QED) is 0.453. The van der Waals surface area contributed by atoms with Crippen LogP contribution in [0.1, 0.15) is 37.5 Å². The Morgan fingerprint density at radius 2 is 1.65 bits per heavy atom. The second-order valence-corrected chi connectivity index (χ2v) is 12.2. The van der Waals surface area contributed by atoms with Crippen LogP contribution in [-0.4, -0.2) is 40.1 Å². The third kappa shape index (κ3) is 6.07. The zero-order valence-corrected chi connectivity index (χ0v) is 22.8. The van der Waals surface area contributed by atoms with Crippen LogP contribution in [0.4, 0.5) is 5.69 Å². The zero-order valence-electron chi connectivity index (χ0n) is 21.9. The summed E-state index contributed by atoms with van der Waals surface area (Å²) >= 11 is 0. The van der Waals surface area contributed by atoms with E-state index >= 15 is 0 Å². The van der Waals surface area contributed by atoms with Gasteiger partial charge < -0.3 is 14.8 Å². The van der Waals surface area contributed by atoms with Gasteiger partial charge in [-0.15, -0.1) is 0 Å². The number of aryl methyl sites for hydroxylation is 2. The number of fused-ring (bicyclic) bond motifs is 1. The Morgan fingerprint density at radius 1 is 1.00 bits per heavy atom. The minimum absolute atomic E-state index is 0.0602. The van der Waals surface area contributed by atoms with Gasteiger partial charge in [0.2, 0.25) is 0 Å². The van der Waals surface area contributed by atoms with E-state index in [1.54, 1.807) is 36.4 Å². The predicted octanol–water partition coefficient (Wildman–Crippen LogP) is 4.75. The maximum absolute atomic E-state index is 13.6. The number of rotatable bonds is 7. The summed E-state index contributed by atoms with van der Waals surface area (Å²) in [5.41, 5.74) is 3.55. The summed E-state index contributed by atoms with van der Waals surface area (Å²) in [6, 6.07) is 19.9. The van der Waals surface area contributed by atoms with Crippen molar-refractivity contribution in [2.45, 2.75) is 51.0 Å². The molecule has 0 saturated heterocycles. The number of anilines is 1. The van der Waals surface area contributed by atoms with Crippen molar-refractivity contribution in [2.75, 3.05) is 24.0 Å². The Hall–Kier alpha value is -3.52. The minimum Gasteiger partial charge on any atom is -0.492 e. The topological polar surface area (TPSA) is 84.9 Å². The van der Waals surface area contributed by atoms with Crippen molar-refractivity contribution in [3.63, 3.8) is 0 Å². The van der Waals surface area contributed by atoms with Crippen molar-refractivity contribution in [2.24, 2.45) is 0 Å².